The minimum atomic E-state index is -1.44. The van der Waals surface area contributed by atoms with Crippen molar-refractivity contribution in [2.75, 3.05) is 0 Å². The van der Waals surface area contributed by atoms with Crippen molar-refractivity contribution < 1.29 is 0 Å². The number of aromatic nitrogens is 1. The number of halogens is 1. The van der Waals surface area contributed by atoms with Crippen LogP contribution in [0.5, 0.6) is 0 Å². The predicted octanol–water partition coefficient (Wildman–Crippen LogP) is 6.25. The molecule has 1 aromatic heterocycles. The van der Waals surface area contributed by atoms with E-state index in [2.05, 4.69) is 107 Å². The van der Waals surface area contributed by atoms with Crippen LogP contribution < -0.4 is 0 Å². The summed E-state index contributed by atoms with van der Waals surface area (Å²) in [7, 11) is -1.44. The lowest BCUT2D eigenvalue weighted by atomic mass is 9.90. The van der Waals surface area contributed by atoms with Gasteiger partial charge in [-0.2, -0.15) is 0 Å². The zero-order valence-corrected chi connectivity index (χ0v) is 17.2. The van der Waals surface area contributed by atoms with E-state index in [1.807, 2.05) is 0 Å². The molecule has 1 N–H and O–H groups in total. The highest BCUT2D eigenvalue weighted by Gasteiger charge is 2.20. The summed E-state index contributed by atoms with van der Waals surface area (Å²) in [6.07, 6.45) is 0. The quantitative estimate of drug-likeness (QED) is 0.389. The molecule has 1 atom stereocenters. The van der Waals surface area contributed by atoms with Crippen molar-refractivity contribution >= 4 is 34.9 Å². The van der Waals surface area contributed by atoms with Crippen molar-refractivity contribution in [3.05, 3.63) is 69.8 Å². The third-order valence-electron chi connectivity index (χ3n) is 4.01. The molecule has 0 radical (unpaired) electrons. The number of fused-ring (bicyclic) bond motifs is 1. The maximum Gasteiger partial charge on any atom is 0.129 e. The highest BCUT2D eigenvalue weighted by atomic mass is 79.9. The molecular weight excluding hydrogens is 374 g/mol. The SMILES string of the molecule is Cc1[nH]c2ccc(Br)cc2c1C(C#C[Si](C)(C)C)c1ccccc1. The van der Waals surface area contributed by atoms with Gasteiger partial charge in [0, 0.05) is 21.1 Å². The molecule has 1 unspecified atom stereocenters. The minimum absolute atomic E-state index is 0.0981. The zero-order valence-electron chi connectivity index (χ0n) is 14.6. The van der Waals surface area contributed by atoms with Crippen molar-refractivity contribution in [1.82, 2.24) is 4.98 Å². The second-order valence-corrected chi connectivity index (χ2v) is 12.9. The van der Waals surface area contributed by atoms with Crippen LogP contribution in [0.15, 0.2) is 53.0 Å². The van der Waals surface area contributed by atoms with E-state index in [9.17, 15) is 0 Å². The molecule has 1 nitrogen and oxygen atoms in total. The second kappa shape index (κ2) is 6.62. The largest absolute Gasteiger partial charge is 0.358 e. The summed E-state index contributed by atoms with van der Waals surface area (Å²) in [4.78, 5) is 3.52. The average Bonchev–Trinajstić information content (AvgIpc) is 2.84. The first-order chi connectivity index (χ1) is 11.3. The van der Waals surface area contributed by atoms with E-state index in [4.69, 9.17) is 0 Å². The molecule has 0 aliphatic rings. The second-order valence-electron chi connectivity index (χ2n) is 7.22. The van der Waals surface area contributed by atoms with Crippen LogP contribution in [0.1, 0.15) is 22.7 Å². The first-order valence-electron chi connectivity index (χ1n) is 8.20. The molecule has 2 aromatic carbocycles. The minimum Gasteiger partial charge on any atom is -0.358 e. The highest BCUT2D eigenvalue weighted by Crippen LogP contribution is 2.34. The number of rotatable bonds is 2. The molecule has 0 aliphatic carbocycles. The fourth-order valence-corrected chi connectivity index (χ4v) is 3.89. The number of benzene rings is 2. The Labute approximate surface area is 153 Å². The van der Waals surface area contributed by atoms with Gasteiger partial charge in [0.2, 0.25) is 0 Å². The molecule has 0 saturated heterocycles. The molecule has 122 valence electrons. The Morgan fingerprint density at radius 3 is 2.42 bits per heavy atom. The molecule has 0 fully saturated rings. The normalized spacial score (nSPS) is 12.7. The monoisotopic (exact) mass is 395 g/mol. The van der Waals surface area contributed by atoms with Crippen molar-refractivity contribution in [2.24, 2.45) is 0 Å². The molecule has 0 saturated carbocycles. The number of nitrogens with one attached hydrogen (secondary N) is 1. The Morgan fingerprint density at radius 1 is 1.04 bits per heavy atom. The van der Waals surface area contributed by atoms with E-state index in [-0.39, 0.29) is 5.92 Å². The molecule has 0 amide bonds. The van der Waals surface area contributed by atoms with E-state index in [0.29, 0.717) is 0 Å². The van der Waals surface area contributed by atoms with Crippen LogP contribution in [-0.4, -0.2) is 13.1 Å². The smallest absolute Gasteiger partial charge is 0.129 e. The van der Waals surface area contributed by atoms with Crippen LogP contribution in [0.4, 0.5) is 0 Å². The van der Waals surface area contributed by atoms with Gasteiger partial charge in [0.25, 0.3) is 0 Å². The third kappa shape index (κ3) is 3.66. The van der Waals surface area contributed by atoms with Gasteiger partial charge in [-0.25, -0.2) is 0 Å². The standard InChI is InChI=1S/C21H22BrNSi/c1-15-21(19-14-17(22)10-11-20(19)23-15)18(12-13-24(2,3)4)16-8-6-5-7-9-16/h5-11,14,18,23H,1-4H3. The summed E-state index contributed by atoms with van der Waals surface area (Å²) in [5.74, 6) is 3.71. The zero-order chi connectivity index (χ0) is 17.3. The van der Waals surface area contributed by atoms with Crippen LogP contribution in [0.3, 0.4) is 0 Å². The first kappa shape index (κ1) is 17.1. The number of aromatic amines is 1. The molecule has 24 heavy (non-hydrogen) atoms. The van der Waals surface area contributed by atoms with Gasteiger partial charge in [0.05, 0.1) is 5.92 Å². The van der Waals surface area contributed by atoms with Crippen LogP contribution in [-0.2, 0) is 0 Å². The molecular formula is C21H22BrNSi. The maximum absolute atomic E-state index is 3.61. The lowest BCUT2D eigenvalue weighted by Crippen LogP contribution is -2.17. The Balaban J connectivity index is 2.24. The van der Waals surface area contributed by atoms with Gasteiger partial charge < -0.3 is 4.98 Å². The summed E-state index contributed by atoms with van der Waals surface area (Å²) in [6.45, 7) is 9.03. The third-order valence-corrected chi connectivity index (χ3v) is 5.40. The van der Waals surface area contributed by atoms with Gasteiger partial charge in [-0.05, 0) is 36.2 Å². The summed E-state index contributed by atoms with van der Waals surface area (Å²) < 4.78 is 1.10. The van der Waals surface area contributed by atoms with Crippen LogP contribution in [0, 0.1) is 18.4 Å². The van der Waals surface area contributed by atoms with E-state index in [1.165, 1.54) is 27.7 Å². The lowest BCUT2D eigenvalue weighted by Gasteiger charge is -2.14. The van der Waals surface area contributed by atoms with Gasteiger partial charge >= 0.3 is 0 Å². The Morgan fingerprint density at radius 2 is 1.75 bits per heavy atom. The Bertz CT molecular complexity index is 923. The maximum atomic E-state index is 3.61. The molecule has 0 spiro atoms. The number of H-pyrrole nitrogens is 1. The average molecular weight is 396 g/mol. The van der Waals surface area contributed by atoms with Gasteiger partial charge in [0.1, 0.15) is 8.07 Å². The summed E-state index contributed by atoms with van der Waals surface area (Å²) in [6, 6.07) is 17.0. The molecule has 3 rings (SSSR count). The number of hydrogen-bond donors (Lipinski definition) is 1. The van der Waals surface area contributed by atoms with Crippen molar-refractivity contribution in [1.29, 1.82) is 0 Å². The predicted molar refractivity (Wildman–Crippen MR) is 110 cm³/mol. The summed E-state index contributed by atoms with van der Waals surface area (Å²) in [5.41, 5.74) is 8.49. The fraction of sp³-hybridized carbons (Fsp3) is 0.238. The number of hydrogen-bond acceptors (Lipinski definition) is 0. The van der Waals surface area contributed by atoms with Crippen LogP contribution in [0.25, 0.3) is 10.9 Å². The summed E-state index contributed by atoms with van der Waals surface area (Å²) >= 11 is 3.61. The van der Waals surface area contributed by atoms with Crippen molar-refractivity contribution in [2.45, 2.75) is 32.5 Å². The molecule has 0 bridgehead atoms. The summed E-state index contributed by atoms with van der Waals surface area (Å²) in [5, 5.41) is 1.25. The lowest BCUT2D eigenvalue weighted by molar-refractivity contribution is 1.05. The molecule has 1 heterocycles. The Kier molecular flexibility index (Phi) is 4.71. The van der Waals surface area contributed by atoms with Crippen molar-refractivity contribution in [3.63, 3.8) is 0 Å². The van der Waals surface area contributed by atoms with Gasteiger partial charge in [-0.15, -0.1) is 5.54 Å². The van der Waals surface area contributed by atoms with E-state index in [1.54, 1.807) is 0 Å². The first-order valence-corrected chi connectivity index (χ1v) is 12.5. The Hall–Kier alpha value is -1.76. The number of aryl methyl sites for hydroxylation is 1. The van der Waals surface area contributed by atoms with E-state index in [0.717, 1.165) is 4.47 Å². The van der Waals surface area contributed by atoms with Crippen molar-refractivity contribution in [3.8, 4) is 11.5 Å². The molecule has 0 aliphatic heterocycles. The highest BCUT2D eigenvalue weighted by molar-refractivity contribution is 9.10. The van der Waals surface area contributed by atoms with E-state index < -0.39 is 8.07 Å². The van der Waals surface area contributed by atoms with Gasteiger partial charge in [0.15, 0.2) is 0 Å². The fourth-order valence-electron chi connectivity index (χ4n) is 2.95. The van der Waals surface area contributed by atoms with Gasteiger partial charge in [-0.1, -0.05) is 71.8 Å². The van der Waals surface area contributed by atoms with Crippen LogP contribution >= 0.6 is 15.9 Å². The molecule has 3 heteroatoms. The molecule has 3 aromatic rings. The van der Waals surface area contributed by atoms with Crippen LogP contribution in [0.2, 0.25) is 19.6 Å². The van der Waals surface area contributed by atoms with E-state index >= 15 is 0 Å². The van der Waals surface area contributed by atoms with Gasteiger partial charge in [-0.3, -0.25) is 0 Å². The topological polar surface area (TPSA) is 15.8 Å².